The summed E-state index contributed by atoms with van der Waals surface area (Å²) in [5.41, 5.74) is -1.69. The van der Waals surface area contributed by atoms with Crippen LogP contribution in [0, 0.1) is 0 Å². The minimum absolute atomic E-state index is 0.0492. The number of ether oxygens (including phenoxy) is 1. The average Bonchev–Trinajstić information content (AvgIpc) is 3.20. The van der Waals surface area contributed by atoms with E-state index in [1.807, 2.05) is 0 Å². The van der Waals surface area contributed by atoms with Crippen molar-refractivity contribution in [3.05, 3.63) is 50.8 Å². The molecule has 0 saturated carbocycles. The maximum atomic E-state index is 12.6. The molecule has 1 N–H and O–H groups in total. The van der Waals surface area contributed by atoms with Crippen molar-refractivity contribution in [3.8, 4) is 5.69 Å². The second-order valence-corrected chi connectivity index (χ2v) is 8.72. The van der Waals surface area contributed by atoms with Crippen molar-refractivity contribution in [2.24, 2.45) is 0 Å². The summed E-state index contributed by atoms with van der Waals surface area (Å²) >= 11 is 0. The highest BCUT2D eigenvalue weighted by atomic mass is 32.2. The number of hydrogen-bond donors (Lipinski definition) is 1. The van der Waals surface area contributed by atoms with Crippen molar-refractivity contribution >= 4 is 15.7 Å². The Morgan fingerprint density at radius 3 is 2.52 bits per heavy atom. The molecule has 2 heterocycles. The number of sulfone groups is 1. The fraction of sp³-hybridized carbons (Fsp3) is 0.444. The van der Waals surface area contributed by atoms with Crippen LogP contribution < -0.4 is 16.6 Å². The second kappa shape index (κ2) is 8.29. The van der Waals surface area contributed by atoms with Crippen LogP contribution in [0.25, 0.3) is 5.69 Å². The minimum atomic E-state index is -3.41. The molecule has 1 amide bonds. The fourth-order valence-corrected chi connectivity index (χ4v) is 3.66. The molecule has 1 aliphatic heterocycles. The van der Waals surface area contributed by atoms with E-state index in [0.717, 1.165) is 28.3 Å². The van der Waals surface area contributed by atoms with Gasteiger partial charge in [0.1, 0.15) is 0 Å². The zero-order valence-corrected chi connectivity index (χ0v) is 16.9. The molecule has 156 valence electrons. The Morgan fingerprint density at radius 2 is 1.97 bits per heavy atom. The maximum absolute atomic E-state index is 12.6. The Balaban J connectivity index is 1.99. The summed E-state index contributed by atoms with van der Waals surface area (Å²) in [5.74, 6) is -0.700. The van der Waals surface area contributed by atoms with Crippen LogP contribution >= 0.6 is 0 Å². The highest BCUT2D eigenvalue weighted by Gasteiger charge is 2.22. The van der Waals surface area contributed by atoms with Crippen LogP contribution in [-0.2, 0) is 21.1 Å². The predicted molar refractivity (Wildman–Crippen MR) is 104 cm³/mol. The lowest BCUT2D eigenvalue weighted by Gasteiger charge is -2.13. The van der Waals surface area contributed by atoms with Crippen molar-refractivity contribution in [3.63, 3.8) is 0 Å². The summed E-state index contributed by atoms with van der Waals surface area (Å²) in [6, 6.07) is 5.45. The smallest absolute Gasteiger partial charge is 0.352 e. The van der Waals surface area contributed by atoms with Gasteiger partial charge in [-0.25, -0.2) is 13.2 Å². The molecule has 0 spiro atoms. The molecular weight excluding hydrogens is 400 g/mol. The summed E-state index contributed by atoms with van der Waals surface area (Å²) in [5, 5.41) is 6.58. The van der Waals surface area contributed by atoms with Crippen molar-refractivity contribution in [1.82, 2.24) is 19.7 Å². The quantitative estimate of drug-likeness (QED) is 0.678. The molecule has 1 atom stereocenters. The van der Waals surface area contributed by atoms with Crippen LogP contribution in [0.5, 0.6) is 0 Å². The Bertz CT molecular complexity index is 1130. The molecule has 1 aliphatic rings. The molecular formula is C18H22N4O6S. The molecule has 29 heavy (non-hydrogen) atoms. The van der Waals surface area contributed by atoms with E-state index < -0.39 is 32.7 Å². The van der Waals surface area contributed by atoms with Crippen molar-refractivity contribution in [2.45, 2.75) is 37.3 Å². The summed E-state index contributed by atoms with van der Waals surface area (Å²) in [6.45, 7) is 2.53. The van der Waals surface area contributed by atoms with E-state index in [0.29, 0.717) is 6.61 Å². The van der Waals surface area contributed by atoms with E-state index in [2.05, 4.69) is 10.4 Å². The Morgan fingerprint density at radius 1 is 1.28 bits per heavy atom. The van der Waals surface area contributed by atoms with Gasteiger partial charge >= 0.3 is 5.69 Å². The van der Waals surface area contributed by atoms with Crippen LogP contribution in [-0.4, -0.2) is 54.2 Å². The third kappa shape index (κ3) is 4.46. The summed E-state index contributed by atoms with van der Waals surface area (Å²) in [4.78, 5) is 37.8. The molecule has 3 rings (SSSR count). The van der Waals surface area contributed by atoms with Crippen LogP contribution in [0.15, 0.2) is 38.8 Å². The first-order chi connectivity index (χ1) is 13.7. The topological polar surface area (TPSA) is 129 Å². The number of amides is 1. The normalized spacial score (nSPS) is 16.7. The number of nitrogens with one attached hydrogen (secondary N) is 1. The molecule has 1 aromatic heterocycles. The molecule has 1 saturated heterocycles. The SMILES string of the molecule is CCn1c(=O)c(C(=O)NC[C@@H]2CCCO2)nn(-c2ccc(S(C)(=O)=O)cc2)c1=O. The molecule has 0 aliphatic carbocycles. The summed E-state index contributed by atoms with van der Waals surface area (Å²) in [6.07, 6.45) is 2.69. The standard InChI is InChI=1S/C18H22N4O6S/c1-3-21-17(24)15(16(23)19-11-13-5-4-10-28-13)20-22(18(21)25)12-6-8-14(9-7-12)29(2,26)27/h6-9,13H,3-5,10-11H2,1-2H3,(H,19,23)/t13-/m0/s1. The highest BCUT2D eigenvalue weighted by Crippen LogP contribution is 2.12. The monoisotopic (exact) mass is 422 g/mol. The van der Waals surface area contributed by atoms with Gasteiger partial charge in [0, 0.05) is 26.0 Å². The number of nitrogens with zero attached hydrogens (tertiary/aromatic N) is 3. The van der Waals surface area contributed by atoms with E-state index in [1.54, 1.807) is 6.92 Å². The first-order valence-electron chi connectivity index (χ1n) is 9.17. The van der Waals surface area contributed by atoms with E-state index in [-0.39, 0.29) is 29.8 Å². The molecule has 2 aromatic rings. The Hall–Kier alpha value is -2.79. The average molecular weight is 422 g/mol. The molecule has 0 unspecified atom stereocenters. The Labute approximate surface area is 167 Å². The van der Waals surface area contributed by atoms with E-state index in [9.17, 15) is 22.8 Å². The number of rotatable bonds is 6. The van der Waals surface area contributed by atoms with Gasteiger partial charge in [-0.2, -0.15) is 9.78 Å². The third-order valence-electron chi connectivity index (χ3n) is 4.61. The van der Waals surface area contributed by atoms with Gasteiger partial charge in [-0.1, -0.05) is 0 Å². The predicted octanol–water partition coefficient (Wildman–Crippen LogP) is -0.274. The molecule has 1 aromatic carbocycles. The minimum Gasteiger partial charge on any atom is -0.376 e. The molecule has 11 heteroatoms. The maximum Gasteiger partial charge on any atom is 0.352 e. The molecule has 0 radical (unpaired) electrons. The zero-order valence-electron chi connectivity index (χ0n) is 16.1. The highest BCUT2D eigenvalue weighted by molar-refractivity contribution is 7.90. The number of carbonyl (C=O) groups is 1. The Kier molecular flexibility index (Phi) is 5.99. The van der Waals surface area contributed by atoms with Gasteiger partial charge in [0.25, 0.3) is 11.5 Å². The van der Waals surface area contributed by atoms with Gasteiger partial charge in [0.2, 0.25) is 5.69 Å². The van der Waals surface area contributed by atoms with Crippen molar-refractivity contribution in [2.75, 3.05) is 19.4 Å². The van der Waals surface area contributed by atoms with Gasteiger partial charge in [0.05, 0.1) is 16.7 Å². The van der Waals surface area contributed by atoms with Gasteiger partial charge in [-0.3, -0.25) is 14.2 Å². The lowest BCUT2D eigenvalue weighted by molar-refractivity contribution is 0.0849. The number of carbonyl (C=O) groups excluding carboxylic acids is 1. The van der Waals surface area contributed by atoms with Gasteiger partial charge in [0.15, 0.2) is 9.84 Å². The van der Waals surface area contributed by atoms with Gasteiger partial charge in [-0.05, 0) is 44.0 Å². The summed E-state index contributed by atoms with van der Waals surface area (Å²) in [7, 11) is -3.41. The van der Waals surface area contributed by atoms with Gasteiger partial charge in [-0.15, -0.1) is 0 Å². The van der Waals surface area contributed by atoms with Crippen molar-refractivity contribution < 1.29 is 17.9 Å². The zero-order chi connectivity index (χ0) is 21.2. The van der Waals surface area contributed by atoms with Crippen LogP contribution in [0.1, 0.15) is 30.3 Å². The van der Waals surface area contributed by atoms with Crippen LogP contribution in [0.2, 0.25) is 0 Å². The largest absolute Gasteiger partial charge is 0.376 e. The third-order valence-corrected chi connectivity index (χ3v) is 5.74. The molecule has 1 fully saturated rings. The molecule has 10 nitrogen and oxygen atoms in total. The van der Waals surface area contributed by atoms with Gasteiger partial charge < -0.3 is 10.1 Å². The van der Waals surface area contributed by atoms with E-state index in [1.165, 1.54) is 24.3 Å². The van der Waals surface area contributed by atoms with Crippen LogP contribution in [0.3, 0.4) is 0 Å². The van der Waals surface area contributed by atoms with Crippen LogP contribution in [0.4, 0.5) is 0 Å². The van der Waals surface area contributed by atoms with E-state index >= 15 is 0 Å². The first kappa shape index (κ1) is 20.9. The van der Waals surface area contributed by atoms with E-state index in [4.69, 9.17) is 4.74 Å². The number of aromatic nitrogens is 3. The lowest BCUT2D eigenvalue weighted by atomic mass is 10.2. The lowest BCUT2D eigenvalue weighted by Crippen LogP contribution is -2.46. The summed E-state index contributed by atoms with van der Waals surface area (Å²) < 4.78 is 30.5. The number of hydrogen-bond acceptors (Lipinski definition) is 7. The molecule has 0 bridgehead atoms. The first-order valence-corrected chi connectivity index (χ1v) is 11.1. The fourth-order valence-electron chi connectivity index (χ4n) is 3.03. The van der Waals surface area contributed by atoms with Crippen molar-refractivity contribution in [1.29, 1.82) is 0 Å². The second-order valence-electron chi connectivity index (χ2n) is 6.70. The number of benzene rings is 1.